The number of aromatic carboxylic acids is 1. The Labute approximate surface area is 133 Å². The molecule has 0 aromatic heterocycles. The van der Waals surface area contributed by atoms with Gasteiger partial charge < -0.3 is 10.4 Å². The van der Waals surface area contributed by atoms with Crippen molar-refractivity contribution in [3.05, 3.63) is 70.8 Å². The van der Waals surface area contributed by atoms with E-state index in [1.54, 1.807) is 24.3 Å². The number of rotatable bonds is 4. The second-order valence-corrected chi connectivity index (χ2v) is 4.87. The molecule has 2 N–H and O–H groups in total. The fraction of sp³-hybridized carbons (Fsp3) is 0.0556. The number of carbonyl (C=O) groups excluding carboxylic acids is 1. The molecule has 0 unspecified atom stereocenters. The molecule has 1 amide bonds. The minimum Gasteiger partial charge on any atom is -0.478 e. The van der Waals surface area contributed by atoms with Gasteiger partial charge in [-0.1, -0.05) is 30.3 Å². The van der Waals surface area contributed by atoms with Crippen molar-refractivity contribution in [2.75, 3.05) is 5.32 Å². The Morgan fingerprint density at radius 1 is 1.13 bits per heavy atom. The minimum atomic E-state index is -1.03. The van der Waals surface area contributed by atoms with Crippen molar-refractivity contribution in [3.63, 3.8) is 0 Å². The topological polar surface area (TPSA) is 90.2 Å². The first-order chi connectivity index (χ1) is 11.0. The molecule has 0 bridgehead atoms. The van der Waals surface area contributed by atoms with E-state index in [0.29, 0.717) is 11.3 Å². The Morgan fingerprint density at radius 3 is 2.35 bits per heavy atom. The largest absolute Gasteiger partial charge is 0.478 e. The average molecular weight is 306 g/mol. The number of hydrogen-bond donors (Lipinski definition) is 2. The molecular weight excluding hydrogens is 292 g/mol. The van der Waals surface area contributed by atoms with Crippen LogP contribution < -0.4 is 5.32 Å². The number of carboxylic acid groups (broad SMARTS) is 1. The van der Waals surface area contributed by atoms with Crippen LogP contribution in [0.1, 0.15) is 21.5 Å². The molecule has 0 radical (unpaired) electrons. The third-order valence-corrected chi connectivity index (χ3v) is 3.23. The number of para-hydroxylation sites is 1. The Hall–Kier alpha value is -3.39. The molecule has 114 valence electrons. The molecule has 0 saturated heterocycles. The van der Waals surface area contributed by atoms with Gasteiger partial charge in [-0.25, -0.2) is 4.79 Å². The van der Waals surface area contributed by atoms with E-state index >= 15 is 0 Å². The normalized spacial score (nSPS) is 10.7. The number of carboxylic acids is 1. The standard InChI is InChI=1S/C18H14N2O3/c1-12-4-2-3-5-16(12)20-17(21)15(11-19)10-13-6-8-14(9-7-13)18(22)23/h2-10H,1H3,(H,20,21)(H,22,23)/b15-10+. The van der Waals surface area contributed by atoms with Crippen LogP contribution in [0.3, 0.4) is 0 Å². The van der Waals surface area contributed by atoms with Crippen LogP contribution in [-0.2, 0) is 4.79 Å². The monoisotopic (exact) mass is 306 g/mol. The summed E-state index contributed by atoms with van der Waals surface area (Å²) in [6, 6.07) is 15.0. The molecule has 0 atom stereocenters. The number of benzene rings is 2. The summed E-state index contributed by atoms with van der Waals surface area (Å²) in [4.78, 5) is 23.0. The predicted octanol–water partition coefficient (Wildman–Crippen LogP) is 3.24. The van der Waals surface area contributed by atoms with Crippen LogP contribution in [0.15, 0.2) is 54.1 Å². The van der Waals surface area contributed by atoms with Crippen LogP contribution in [-0.4, -0.2) is 17.0 Å². The zero-order valence-electron chi connectivity index (χ0n) is 12.4. The van der Waals surface area contributed by atoms with Gasteiger partial charge in [0.15, 0.2) is 0 Å². The molecule has 0 spiro atoms. The smallest absolute Gasteiger partial charge is 0.335 e. The van der Waals surface area contributed by atoms with E-state index in [9.17, 15) is 14.9 Å². The highest BCUT2D eigenvalue weighted by molar-refractivity contribution is 6.10. The van der Waals surface area contributed by atoms with Crippen molar-refractivity contribution in [1.82, 2.24) is 0 Å². The average Bonchev–Trinajstić information content (AvgIpc) is 2.55. The predicted molar refractivity (Wildman–Crippen MR) is 86.8 cm³/mol. The zero-order valence-corrected chi connectivity index (χ0v) is 12.4. The lowest BCUT2D eigenvalue weighted by Gasteiger charge is -2.07. The molecule has 0 saturated carbocycles. The lowest BCUT2D eigenvalue weighted by molar-refractivity contribution is -0.112. The molecule has 0 aliphatic heterocycles. The molecule has 0 aliphatic carbocycles. The number of carbonyl (C=O) groups is 2. The van der Waals surface area contributed by atoms with Gasteiger partial charge in [0.1, 0.15) is 11.6 Å². The maximum atomic E-state index is 12.2. The van der Waals surface area contributed by atoms with Crippen LogP contribution in [0.5, 0.6) is 0 Å². The first-order valence-electron chi connectivity index (χ1n) is 6.83. The number of aryl methyl sites for hydroxylation is 1. The van der Waals surface area contributed by atoms with Gasteiger partial charge in [0.05, 0.1) is 5.56 Å². The maximum Gasteiger partial charge on any atom is 0.335 e. The molecule has 2 aromatic carbocycles. The Kier molecular flexibility index (Phi) is 4.90. The number of nitrogens with one attached hydrogen (secondary N) is 1. The molecule has 2 aromatic rings. The molecule has 23 heavy (non-hydrogen) atoms. The number of hydrogen-bond acceptors (Lipinski definition) is 3. The van der Waals surface area contributed by atoms with Crippen molar-refractivity contribution < 1.29 is 14.7 Å². The van der Waals surface area contributed by atoms with E-state index in [0.717, 1.165) is 5.56 Å². The van der Waals surface area contributed by atoms with Crippen LogP contribution in [0.25, 0.3) is 6.08 Å². The van der Waals surface area contributed by atoms with E-state index in [1.165, 1.54) is 18.2 Å². The molecule has 5 heteroatoms. The minimum absolute atomic E-state index is 0.0590. The third-order valence-electron chi connectivity index (χ3n) is 3.23. The SMILES string of the molecule is Cc1ccccc1NC(=O)/C(C#N)=C/c1ccc(C(=O)O)cc1. The highest BCUT2D eigenvalue weighted by Gasteiger charge is 2.11. The van der Waals surface area contributed by atoms with E-state index < -0.39 is 11.9 Å². The maximum absolute atomic E-state index is 12.2. The van der Waals surface area contributed by atoms with Crippen molar-refractivity contribution in [2.45, 2.75) is 6.92 Å². The van der Waals surface area contributed by atoms with Gasteiger partial charge in [-0.2, -0.15) is 5.26 Å². The molecule has 5 nitrogen and oxygen atoms in total. The van der Waals surface area contributed by atoms with Crippen molar-refractivity contribution in [2.24, 2.45) is 0 Å². The lowest BCUT2D eigenvalue weighted by atomic mass is 10.1. The van der Waals surface area contributed by atoms with Crippen molar-refractivity contribution in [1.29, 1.82) is 5.26 Å². The summed E-state index contributed by atoms with van der Waals surface area (Å²) in [5, 5.41) is 20.7. The quantitative estimate of drug-likeness (QED) is 0.670. The van der Waals surface area contributed by atoms with Crippen LogP contribution >= 0.6 is 0 Å². The second-order valence-electron chi connectivity index (χ2n) is 4.87. The Morgan fingerprint density at radius 2 is 1.78 bits per heavy atom. The molecule has 0 fully saturated rings. The van der Waals surface area contributed by atoms with E-state index in [-0.39, 0.29) is 11.1 Å². The molecule has 2 rings (SSSR count). The first kappa shape index (κ1) is 16.0. The van der Waals surface area contributed by atoms with Gasteiger partial charge in [-0.05, 0) is 42.3 Å². The van der Waals surface area contributed by atoms with Crippen molar-refractivity contribution >= 4 is 23.6 Å². The van der Waals surface area contributed by atoms with Crippen LogP contribution in [0.2, 0.25) is 0 Å². The van der Waals surface area contributed by atoms with Gasteiger partial charge >= 0.3 is 5.97 Å². The summed E-state index contributed by atoms with van der Waals surface area (Å²) in [6.45, 7) is 1.86. The van der Waals surface area contributed by atoms with Gasteiger partial charge in [0.25, 0.3) is 5.91 Å². The van der Waals surface area contributed by atoms with E-state index in [4.69, 9.17) is 5.11 Å². The highest BCUT2D eigenvalue weighted by Crippen LogP contribution is 2.15. The molecule has 0 aliphatic rings. The van der Waals surface area contributed by atoms with Gasteiger partial charge in [-0.3, -0.25) is 4.79 Å². The third kappa shape index (κ3) is 4.05. The summed E-state index contributed by atoms with van der Waals surface area (Å²) in [5.74, 6) is -1.54. The van der Waals surface area contributed by atoms with Gasteiger partial charge in [0.2, 0.25) is 0 Å². The van der Waals surface area contributed by atoms with Gasteiger partial charge in [0, 0.05) is 5.69 Å². The van der Waals surface area contributed by atoms with Gasteiger partial charge in [-0.15, -0.1) is 0 Å². The Balaban J connectivity index is 2.21. The van der Waals surface area contributed by atoms with Crippen LogP contribution in [0, 0.1) is 18.3 Å². The lowest BCUT2D eigenvalue weighted by Crippen LogP contribution is -2.14. The molecule has 0 heterocycles. The highest BCUT2D eigenvalue weighted by atomic mass is 16.4. The molecular formula is C18H14N2O3. The summed E-state index contributed by atoms with van der Waals surface area (Å²) in [5.41, 5.74) is 2.19. The van der Waals surface area contributed by atoms with E-state index in [2.05, 4.69) is 5.32 Å². The summed E-state index contributed by atoms with van der Waals surface area (Å²) >= 11 is 0. The second kappa shape index (κ2) is 7.05. The number of amides is 1. The Bertz CT molecular complexity index is 815. The summed E-state index contributed by atoms with van der Waals surface area (Å²) in [7, 11) is 0. The number of nitrogens with zero attached hydrogens (tertiary/aromatic N) is 1. The fourth-order valence-corrected chi connectivity index (χ4v) is 1.94. The fourth-order valence-electron chi connectivity index (χ4n) is 1.94. The summed E-state index contributed by atoms with van der Waals surface area (Å²) < 4.78 is 0. The van der Waals surface area contributed by atoms with Crippen molar-refractivity contribution in [3.8, 4) is 6.07 Å². The first-order valence-corrected chi connectivity index (χ1v) is 6.83. The van der Waals surface area contributed by atoms with E-state index in [1.807, 2.05) is 25.1 Å². The number of anilines is 1. The summed E-state index contributed by atoms with van der Waals surface area (Å²) in [6.07, 6.45) is 1.42. The zero-order chi connectivity index (χ0) is 16.8. The van der Waals surface area contributed by atoms with Crippen LogP contribution in [0.4, 0.5) is 5.69 Å². The number of nitriles is 1.